The summed E-state index contributed by atoms with van der Waals surface area (Å²) in [6.07, 6.45) is 6.44. The zero-order valence-corrected chi connectivity index (χ0v) is 21.7. The van der Waals surface area contributed by atoms with Gasteiger partial charge in [-0.05, 0) is 35.7 Å². The van der Waals surface area contributed by atoms with E-state index in [0.717, 1.165) is 79.3 Å². The number of rotatable bonds is 10. The maximum Gasteiger partial charge on any atom is 0.158 e. The second kappa shape index (κ2) is 11.3. The van der Waals surface area contributed by atoms with Crippen molar-refractivity contribution < 1.29 is 9.47 Å². The van der Waals surface area contributed by atoms with E-state index < -0.39 is 0 Å². The molecule has 1 aliphatic heterocycles. The minimum atomic E-state index is 0.558. The Hall–Kier alpha value is -3.79. The van der Waals surface area contributed by atoms with Crippen molar-refractivity contribution in [3.05, 3.63) is 83.9 Å². The van der Waals surface area contributed by atoms with Crippen LogP contribution in [0.5, 0.6) is 0 Å². The molecule has 0 saturated carbocycles. The number of ether oxygens (including phenoxy) is 2. The zero-order chi connectivity index (χ0) is 25.7. The van der Waals surface area contributed by atoms with Crippen LogP contribution in [0.15, 0.2) is 67.3 Å². The monoisotopic (exact) mass is 511 g/mol. The van der Waals surface area contributed by atoms with Gasteiger partial charge in [-0.15, -0.1) is 0 Å². The fourth-order valence-electron chi connectivity index (χ4n) is 5.12. The van der Waals surface area contributed by atoms with E-state index in [1.165, 1.54) is 11.1 Å². The molecule has 196 valence electrons. The Balaban J connectivity index is 1.18. The summed E-state index contributed by atoms with van der Waals surface area (Å²) in [6.45, 7) is 8.65. The Morgan fingerprint density at radius 2 is 1.92 bits per heavy atom. The van der Waals surface area contributed by atoms with E-state index in [4.69, 9.17) is 9.47 Å². The fourth-order valence-corrected chi connectivity index (χ4v) is 5.12. The van der Waals surface area contributed by atoms with Gasteiger partial charge in [0.25, 0.3) is 0 Å². The molecule has 0 bridgehead atoms. The van der Waals surface area contributed by atoms with Crippen molar-refractivity contribution in [1.82, 2.24) is 29.3 Å². The molecule has 0 unspecified atom stereocenters. The predicted molar refractivity (Wildman–Crippen MR) is 148 cm³/mol. The minimum Gasteiger partial charge on any atom is -0.379 e. The number of aromatic nitrogens is 5. The summed E-state index contributed by atoms with van der Waals surface area (Å²) in [4.78, 5) is 6.98. The van der Waals surface area contributed by atoms with Crippen molar-refractivity contribution in [2.75, 3.05) is 44.8 Å². The molecule has 1 saturated heterocycles. The summed E-state index contributed by atoms with van der Waals surface area (Å²) in [5, 5.41) is 13.7. The SMILES string of the molecule is CCc1c(COCCN2CCOCC2)cn2ncnc(Nc3ccc4c(cnn4Cc4ccccc4)c3)c12. The number of hydrogen-bond donors (Lipinski definition) is 1. The number of fused-ring (bicyclic) bond motifs is 2. The number of morpholine rings is 1. The van der Waals surface area contributed by atoms with Crippen molar-refractivity contribution in [2.24, 2.45) is 0 Å². The molecule has 1 fully saturated rings. The molecule has 0 aliphatic carbocycles. The van der Waals surface area contributed by atoms with Crippen molar-refractivity contribution in [3.63, 3.8) is 0 Å². The van der Waals surface area contributed by atoms with Crippen LogP contribution in [-0.4, -0.2) is 68.7 Å². The van der Waals surface area contributed by atoms with Crippen LogP contribution < -0.4 is 5.32 Å². The van der Waals surface area contributed by atoms with Crippen LogP contribution in [0.2, 0.25) is 0 Å². The smallest absolute Gasteiger partial charge is 0.158 e. The van der Waals surface area contributed by atoms with Gasteiger partial charge in [0.15, 0.2) is 5.82 Å². The molecule has 9 heteroatoms. The highest BCUT2D eigenvalue weighted by molar-refractivity contribution is 5.85. The number of aryl methyl sites for hydroxylation is 1. The standard InChI is InChI=1S/C29H33N7O2/c1-2-26-24(20-38-15-12-34-10-13-37-14-11-34)19-36-28(26)29(30-21-32-36)33-25-8-9-27-23(16-25)17-31-35(27)18-22-6-4-3-5-7-22/h3-9,16-17,19,21H,2,10-15,18,20H2,1H3,(H,30,32,33). The lowest BCUT2D eigenvalue weighted by Crippen LogP contribution is -2.38. The van der Waals surface area contributed by atoms with Gasteiger partial charge >= 0.3 is 0 Å². The molecule has 2 aromatic carbocycles. The highest BCUT2D eigenvalue weighted by atomic mass is 16.5. The first-order valence-electron chi connectivity index (χ1n) is 13.3. The van der Waals surface area contributed by atoms with Crippen molar-refractivity contribution in [2.45, 2.75) is 26.5 Å². The molecule has 0 atom stereocenters. The quantitative estimate of drug-likeness (QED) is 0.280. The molecule has 0 amide bonds. The van der Waals surface area contributed by atoms with E-state index >= 15 is 0 Å². The minimum absolute atomic E-state index is 0.558. The lowest BCUT2D eigenvalue weighted by Gasteiger charge is -2.26. The van der Waals surface area contributed by atoms with Gasteiger partial charge in [-0.1, -0.05) is 37.3 Å². The van der Waals surface area contributed by atoms with Gasteiger partial charge in [-0.2, -0.15) is 10.2 Å². The third-order valence-electron chi connectivity index (χ3n) is 7.11. The van der Waals surface area contributed by atoms with Crippen molar-refractivity contribution >= 4 is 27.9 Å². The lowest BCUT2D eigenvalue weighted by atomic mass is 10.1. The van der Waals surface area contributed by atoms with Gasteiger partial charge < -0.3 is 14.8 Å². The summed E-state index contributed by atoms with van der Waals surface area (Å²) in [7, 11) is 0. The molecule has 4 heterocycles. The van der Waals surface area contributed by atoms with E-state index in [0.29, 0.717) is 13.2 Å². The van der Waals surface area contributed by atoms with E-state index in [-0.39, 0.29) is 0 Å². The molecule has 38 heavy (non-hydrogen) atoms. The fraction of sp³-hybridized carbons (Fsp3) is 0.345. The molecule has 6 rings (SSSR count). The van der Waals surface area contributed by atoms with Crippen LogP contribution in [0.4, 0.5) is 11.5 Å². The molecule has 0 spiro atoms. The third-order valence-corrected chi connectivity index (χ3v) is 7.11. The van der Waals surface area contributed by atoms with Crippen LogP contribution in [-0.2, 0) is 29.0 Å². The Morgan fingerprint density at radius 1 is 1.05 bits per heavy atom. The van der Waals surface area contributed by atoms with E-state index in [1.54, 1.807) is 6.33 Å². The van der Waals surface area contributed by atoms with Gasteiger partial charge in [0.05, 0.1) is 44.7 Å². The van der Waals surface area contributed by atoms with E-state index in [1.807, 2.05) is 21.5 Å². The predicted octanol–water partition coefficient (Wildman–Crippen LogP) is 4.28. The lowest BCUT2D eigenvalue weighted by molar-refractivity contribution is 0.0180. The molecular formula is C29H33N7O2. The number of anilines is 2. The number of nitrogens with one attached hydrogen (secondary N) is 1. The van der Waals surface area contributed by atoms with Gasteiger partial charge in [-0.3, -0.25) is 9.58 Å². The Morgan fingerprint density at radius 3 is 2.76 bits per heavy atom. The molecule has 3 aromatic heterocycles. The summed E-state index contributed by atoms with van der Waals surface area (Å²) in [6, 6.07) is 16.7. The third kappa shape index (κ3) is 5.26. The summed E-state index contributed by atoms with van der Waals surface area (Å²) in [5.41, 5.74) is 6.63. The van der Waals surface area contributed by atoms with Crippen LogP contribution in [0.1, 0.15) is 23.6 Å². The van der Waals surface area contributed by atoms with E-state index in [9.17, 15) is 0 Å². The summed E-state index contributed by atoms with van der Waals surface area (Å²) in [5.74, 6) is 0.785. The van der Waals surface area contributed by atoms with Gasteiger partial charge in [0.2, 0.25) is 0 Å². The van der Waals surface area contributed by atoms with Crippen LogP contribution in [0.3, 0.4) is 0 Å². The molecule has 5 aromatic rings. The normalized spacial score (nSPS) is 14.4. The second-order valence-electron chi connectivity index (χ2n) is 9.58. The second-order valence-corrected chi connectivity index (χ2v) is 9.58. The van der Waals surface area contributed by atoms with Gasteiger partial charge in [0, 0.05) is 42.5 Å². The zero-order valence-electron chi connectivity index (χ0n) is 21.7. The molecular weight excluding hydrogens is 478 g/mol. The Bertz CT molecular complexity index is 1510. The summed E-state index contributed by atoms with van der Waals surface area (Å²) >= 11 is 0. The van der Waals surface area contributed by atoms with E-state index in [2.05, 4.69) is 81.0 Å². The first kappa shape index (κ1) is 24.5. The van der Waals surface area contributed by atoms with Crippen molar-refractivity contribution in [1.29, 1.82) is 0 Å². The van der Waals surface area contributed by atoms with Crippen LogP contribution in [0.25, 0.3) is 16.4 Å². The average molecular weight is 512 g/mol. The topological polar surface area (TPSA) is 81.7 Å². The van der Waals surface area contributed by atoms with Crippen molar-refractivity contribution in [3.8, 4) is 0 Å². The molecule has 9 nitrogen and oxygen atoms in total. The maximum absolute atomic E-state index is 6.07. The first-order valence-corrected chi connectivity index (χ1v) is 13.3. The highest BCUT2D eigenvalue weighted by Crippen LogP contribution is 2.28. The van der Waals surface area contributed by atoms with Gasteiger partial charge in [0.1, 0.15) is 11.8 Å². The maximum atomic E-state index is 6.07. The molecule has 1 aliphatic rings. The Kier molecular flexibility index (Phi) is 7.30. The number of nitrogens with zero attached hydrogens (tertiary/aromatic N) is 6. The first-order chi connectivity index (χ1) is 18.8. The number of hydrogen-bond acceptors (Lipinski definition) is 7. The van der Waals surface area contributed by atoms with Crippen LogP contribution in [0, 0.1) is 0 Å². The summed E-state index contributed by atoms with van der Waals surface area (Å²) < 4.78 is 15.4. The largest absolute Gasteiger partial charge is 0.379 e. The highest BCUT2D eigenvalue weighted by Gasteiger charge is 2.16. The number of benzene rings is 2. The van der Waals surface area contributed by atoms with Crippen LogP contribution >= 0.6 is 0 Å². The van der Waals surface area contributed by atoms with Gasteiger partial charge in [-0.25, -0.2) is 9.50 Å². The molecule has 1 N–H and O–H groups in total. The average Bonchev–Trinajstić information content (AvgIpc) is 3.53. The Labute approximate surface area is 222 Å². The molecule has 0 radical (unpaired) electrons.